The maximum absolute atomic E-state index is 12.9. The first-order valence-corrected chi connectivity index (χ1v) is 10.6. The molecule has 2 heterocycles. The van der Waals surface area contributed by atoms with Gasteiger partial charge >= 0.3 is 0 Å². The van der Waals surface area contributed by atoms with E-state index in [9.17, 15) is 23.3 Å². The van der Waals surface area contributed by atoms with Crippen molar-refractivity contribution in [2.75, 3.05) is 23.0 Å². The van der Waals surface area contributed by atoms with Crippen molar-refractivity contribution in [3.63, 3.8) is 0 Å². The quantitative estimate of drug-likeness (QED) is 0.364. The number of amides is 1. The van der Waals surface area contributed by atoms with E-state index in [2.05, 4.69) is 5.10 Å². The highest BCUT2D eigenvalue weighted by atomic mass is 35.5. The lowest BCUT2D eigenvalue weighted by atomic mass is 10.3. The highest BCUT2D eigenvalue weighted by Crippen LogP contribution is 2.49. The second-order valence-electron chi connectivity index (χ2n) is 6.53. The summed E-state index contributed by atoms with van der Waals surface area (Å²) in [5.74, 6) is -3.95. The van der Waals surface area contributed by atoms with E-state index in [-0.39, 0.29) is 35.4 Å². The number of aromatic nitrogens is 3. The number of carbonyl (C=O) groups excluding carboxylic acids is 1. The maximum Gasteiger partial charge on any atom is 0.256 e. The van der Waals surface area contributed by atoms with Gasteiger partial charge in [-0.05, 0) is 13.0 Å². The Hall–Kier alpha value is -1.91. The SMILES string of the molecule is CCN(C(=O)CC[S+]([O-])CC1CC1(F)F)c1cn(-c2ccc[n+]([O-])c2)nc1Cl. The minimum Gasteiger partial charge on any atom is -0.619 e. The molecule has 11 heteroatoms. The molecule has 2 aromatic heterocycles. The van der Waals surface area contributed by atoms with Crippen LogP contribution in [0.3, 0.4) is 0 Å². The van der Waals surface area contributed by atoms with E-state index in [0.717, 1.165) is 0 Å². The molecule has 2 unspecified atom stereocenters. The van der Waals surface area contributed by atoms with Crippen LogP contribution in [0.15, 0.2) is 30.7 Å². The first-order chi connectivity index (χ1) is 13.2. The smallest absolute Gasteiger partial charge is 0.256 e. The highest BCUT2D eigenvalue weighted by Gasteiger charge is 2.58. The molecular formula is C17H19ClF2N4O3S. The van der Waals surface area contributed by atoms with Gasteiger partial charge < -0.3 is 14.7 Å². The van der Waals surface area contributed by atoms with Crippen molar-refractivity contribution in [2.24, 2.45) is 5.92 Å². The molecule has 28 heavy (non-hydrogen) atoms. The van der Waals surface area contributed by atoms with Crippen molar-refractivity contribution >= 4 is 34.4 Å². The molecule has 1 amide bonds. The third-order valence-electron chi connectivity index (χ3n) is 4.47. The van der Waals surface area contributed by atoms with Gasteiger partial charge in [0.1, 0.15) is 22.9 Å². The Labute approximate surface area is 168 Å². The van der Waals surface area contributed by atoms with E-state index in [0.29, 0.717) is 22.6 Å². The number of carbonyl (C=O) groups is 1. The van der Waals surface area contributed by atoms with Crippen molar-refractivity contribution in [3.05, 3.63) is 41.1 Å². The van der Waals surface area contributed by atoms with Crippen molar-refractivity contribution in [1.29, 1.82) is 0 Å². The predicted molar refractivity (Wildman–Crippen MR) is 101 cm³/mol. The van der Waals surface area contributed by atoms with Crippen LogP contribution in [0.5, 0.6) is 0 Å². The molecule has 1 aliphatic carbocycles. The summed E-state index contributed by atoms with van der Waals surface area (Å²) in [7, 11) is 0. The lowest BCUT2D eigenvalue weighted by Gasteiger charge is -2.20. The molecule has 0 aromatic carbocycles. The third-order valence-corrected chi connectivity index (χ3v) is 6.17. The van der Waals surface area contributed by atoms with E-state index in [4.69, 9.17) is 11.6 Å². The molecule has 0 N–H and O–H groups in total. The summed E-state index contributed by atoms with van der Waals surface area (Å²) >= 11 is 4.69. The van der Waals surface area contributed by atoms with Crippen LogP contribution in [0, 0.1) is 11.1 Å². The first kappa shape index (κ1) is 20.8. The minimum atomic E-state index is -2.71. The van der Waals surface area contributed by atoms with Crippen molar-refractivity contribution < 1.29 is 22.9 Å². The second kappa shape index (κ2) is 8.22. The lowest BCUT2D eigenvalue weighted by Crippen LogP contribution is -2.32. The predicted octanol–water partition coefficient (Wildman–Crippen LogP) is 2.31. The van der Waals surface area contributed by atoms with Gasteiger partial charge in [0, 0.05) is 19.0 Å². The lowest BCUT2D eigenvalue weighted by molar-refractivity contribution is -0.605. The van der Waals surface area contributed by atoms with Crippen LogP contribution >= 0.6 is 11.6 Å². The molecule has 0 bridgehead atoms. The van der Waals surface area contributed by atoms with Gasteiger partial charge in [-0.3, -0.25) is 4.79 Å². The summed E-state index contributed by atoms with van der Waals surface area (Å²) in [6.45, 7) is 2.05. The van der Waals surface area contributed by atoms with E-state index >= 15 is 0 Å². The molecule has 1 fully saturated rings. The van der Waals surface area contributed by atoms with Crippen LogP contribution in [0.4, 0.5) is 14.5 Å². The van der Waals surface area contributed by atoms with Gasteiger partial charge in [-0.15, -0.1) is 0 Å². The number of nitrogens with zero attached hydrogens (tertiary/aromatic N) is 4. The van der Waals surface area contributed by atoms with Crippen LogP contribution in [-0.2, 0) is 16.0 Å². The number of halogens is 3. The molecule has 152 valence electrons. The largest absolute Gasteiger partial charge is 0.619 e. The average molecular weight is 433 g/mol. The Morgan fingerprint density at radius 2 is 2.29 bits per heavy atom. The van der Waals surface area contributed by atoms with Crippen molar-refractivity contribution in [3.8, 4) is 5.69 Å². The summed E-state index contributed by atoms with van der Waals surface area (Å²) in [5, 5.41) is 15.6. The second-order valence-corrected chi connectivity index (χ2v) is 8.51. The molecule has 7 nitrogen and oxygen atoms in total. The average Bonchev–Trinajstić information content (AvgIpc) is 3.05. The minimum absolute atomic E-state index is 0.0164. The monoisotopic (exact) mass is 432 g/mol. The van der Waals surface area contributed by atoms with Crippen molar-refractivity contribution in [2.45, 2.75) is 25.7 Å². The Morgan fingerprint density at radius 1 is 1.57 bits per heavy atom. The standard InChI is InChI=1S/C17H19ClF2N4O3S/c1-2-23(15(25)5-7-28(27)11-12-8-17(12,19)20)14-10-24(21-16(14)18)13-4-3-6-22(26)9-13/h3-4,6,9-10,12H,2,5,7-8,11H2,1H3. The number of rotatable bonds is 8. The number of hydrogen-bond acceptors (Lipinski definition) is 4. The van der Waals surface area contributed by atoms with Gasteiger partial charge in [0.15, 0.2) is 11.3 Å². The molecule has 0 radical (unpaired) electrons. The molecule has 0 aliphatic heterocycles. The topological polar surface area (TPSA) is 88.1 Å². The summed E-state index contributed by atoms with van der Waals surface area (Å²) in [4.78, 5) is 13.9. The first-order valence-electron chi connectivity index (χ1n) is 8.68. The van der Waals surface area contributed by atoms with Gasteiger partial charge in [-0.2, -0.15) is 9.83 Å². The van der Waals surface area contributed by atoms with Gasteiger partial charge in [0.2, 0.25) is 12.1 Å². The van der Waals surface area contributed by atoms with Gasteiger partial charge in [0.05, 0.1) is 18.5 Å². The van der Waals surface area contributed by atoms with Gasteiger partial charge in [-0.25, -0.2) is 13.5 Å². The third kappa shape index (κ3) is 4.73. The fourth-order valence-electron chi connectivity index (χ4n) is 2.81. The van der Waals surface area contributed by atoms with Gasteiger partial charge in [0.25, 0.3) is 5.92 Å². The Morgan fingerprint density at radius 3 is 2.89 bits per heavy atom. The van der Waals surface area contributed by atoms with E-state index in [1.807, 2.05) is 0 Å². The van der Waals surface area contributed by atoms with Crippen LogP contribution in [0.25, 0.3) is 5.69 Å². The highest BCUT2D eigenvalue weighted by molar-refractivity contribution is 7.91. The zero-order valence-electron chi connectivity index (χ0n) is 15.1. The molecule has 3 rings (SSSR count). The fraction of sp³-hybridized carbons (Fsp3) is 0.471. The van der Waals surface area contributed by atoms with Crippen LogP contribution < -0.4 is 9.63 Å². The molecule has 1 aliphatic rings. The zero-order chi connectivity index (χ0) is 20.5. The number of alkyl halides is 2. The van der Waals surface area contributed by atoms with E-state index < -0.39 is 23.0 Å². The Kier molecular flexibility index (Phi) is 6.11. The fourth-order valence-corrected chi connectivity index (χ4v) is 4.42. The van der Waals surface area contributed by atoms with Crippen LogP contribution in [0.1, 0.15) is 19.8 Å². The molecule has 2 aromatic rings. The summed E-state index contributed by atoms with van der Waals surface area (Å²) < 4.78 is 39.8. The zero-order valence-corrected chi connectivity index (χ0v) is 16.6. The Balaban J connectivity index is 1.64. The molecule has 0 saturated heterocycles. The number of anilines is 1. The maximum atomic E-state index is 12.9. The molecule has 0 spiro atoms. The van der Waals surface area contributed by atoms with E-state index in [1.165, 1.54) is 28.2 Å². The number of hydrogen-bond donors (Lipinski definition) is 0. The summed E-state index contributed by atoms with van der Waals surface area (Å²) in [6, 6.07) is 3.22. The molecule has 1 saturated carbocycles. The summed E-state index contributed by atoms with van der Waals surface area (Å²) in [5.41, 5.74) is 0.829. The molecule has 2 atom stereocenters. The number of pyridine rings is 1. The van der Waals surface area contributed by atoms with E-state index in [1.54, 1.807) is 19.1 Å². The Bertz CT molecular complexity index is 867. The van der Waals surface area contributed by atoms with Gasteiger partial charge in [-0.1, -0.05) is 22.8 Å². The van der Waals surface area contributed by atoms with Crippen molar-refractivity contribution in [1.82, 2.24) is 9.78 Å². The van der Waals surface area contributed by atoms with Crippen LogP contribution in [-0.4, -0.2) is 44.2 Å². The summed E-state index contributed by atoms with van der Waals surface area (Å²) in [6.07, 6.45) is 3.88. The van der Waals surface area contributed by atoms with Crippen LogP contribution in [0.2, 0.25) is 5.15 Å². The normalized spacial score (nSPS) is 18.7. The molecular weight excluding hydrogens is 414 g/mol.